The molecule has 37 heavy (non-hydrogen) atoms. The van der Waals surface area contributed by atoms with Crippen LogP contribution >= 0.6 is 11.6 Å². The molecular weight excluding hydrogens is 490 g/mol. The number of amides is 1. The average molecular weight is 518 g/mol. The van der Waals surface area contributed by atoms with E-state index in [2.05, 4.69) is 20.3 Å². The summed E-state index contributed by atoms with van der Waals surface area (Å²) in [5, 5.41) is 4.56. The van der Waals surface area contributed by atoms with E-state index in [4.69, 9.17) is 21.1 Å². The summed E-state index contributed by atoms with van der Waals surface area (Å²) in [6.07, 6.45) is 5.63. The van der Waals surface area contributed by atoms with Gasteiger partial charge in [0.2, 0.25) is 5.91 Å². The van der Waals surface area contributed by atoms with Gasteiger partial charge in [-0.2, -0.15) is 0 Å². The van der Waals surface area contributed by atoms with Gasteiger partial charge in [-0.25, -0.2) is 9.97 Å². The van der Waals surface area contributed by atoms with Crippen LogP contribution < -0.4 is 14.8 Å². The highest BCUT2D eigenvalue weighted by molar-refractivity contribution is 6.32. The van der Waals surface area contributed by atoms with Crippen LogP contribution in [-0.4, -0.2) is 45.5 Å². The van der Waals surface area contributed by atoms with Gasteiger partial charge in [-0.3, -0.25) is 9.78 Å². The highest BCUT2D eigenvalue weighted by Crippen LogP contribution is 2.34. The fourth-order valence-corrected chi connectivity index (χ4v) is 4.25. The Hall–Kier alpha value is -3.91. The number of aromatic nitrogens is 3. The number of hydrogen-bond donors (Lipinski definition) is 1. The second-order valence-corrected chi connectivity index (χ2v) is 9.42. The van der Waals surface area contributed by atoms with Crippen LogP contribution in [0.3, 0.4) is 0 Å². The van der Waals surface area contributed by atoms with Crippen molar-refractivity contribution >= 4 is 39.9 Å². The van der Waals surface area contributed by atoms with Gasteiger partial charge in [-0.15, -0.1) is 0 Å². The first-order valence-corrected chi connectivity index (χ1v) is 12.7. The van der Waals surface area contributed by atoms with Gasteiger partial charge in [0.1, 0.15) is 36.9 Å². The molecule has 4 aromatic rings. The normalized spacial score (nSPS) is 12.8. The SMILES string of the molecule is CC(=O)N(CCOc1cccc2ncnc(Nc3ccc(OCc4ccccn4)c(Cl)c3)c12)CC1CC1. The van der Waals surface area contributed by atoms with Crippen molar-refractivity contribution in [3.05, 3.63) is 77.8 Å². The van der Waals surface area contributed by atoms with Crippen LogP contribution in [0, 0.1) is 5.92 Å². The lowest BCUT2D eigenvalue weighted by molar-refractivity contribution is -0.129. The number of nitrogens with one attached hydrogen (secondary N) is 1. The van der Waals surface area contributed by atoms with Crippen molar-refractivity contribution in [3.63, 3.8) is 0 Å². The van der Waals surface area contributed by atoms with E-state index in [1.807, 2.05) is 53.4 Å². The molecule has 1 aliphatic carbocycles. The number of benzene rings is 2. The lowest BCUT2D eigenvalue weighted by Gasteiger charge is -2.21. The van der Waals surface area contributed by atoms with E-state index < -0.39 is 0 Å². The van der Waals surface area contributed by atoms with E-state index in [1.165, 1.54) is 19.2 Å². The summed E-state index contributed by atoms with van der Waals surface area (Å²) in [4.78, 5) is 27.0. The summed E-state index contributed by atoms with van der Waals surface area (Å²) in [6.45, 7) is 3.65. The molecule has 1 N–H and O–H groups in total. The van der Waals surface area contributed by atoms with Crippen LogP contribution in [0.4, 0.5) is 11.5 Å². The first-order valence-electron chi connectivity index (χ1n) is 12.3. The average Bonchev–Trinajstić information content (AvgIpc) is 3.72. The standard InChI is InChI=1S/C28H28ClN5O3/c1-19(35)34(16-20-8-9-20)13-14-36-26-7-4-6-24-27(26)28(32-18-31-24)33-21-10-11-25(23(29)15-21)37-17-22-5-2-3-12-30-22/h2-7,10-12,15,18,20H,8-9,13-14,16-17H2,1H3,(H,31,32,33). The van der Waals surface area contributed by atoms with Crippen molar-refractivity contribution in [2.75, 3.05) is 25.0 Å². The maximum Gasteiger partial charge on any atom is 0.219 e. The number of halogens is 1. The molecule has 2 heterocycles. The van der Waals surface area contributed by atoms with Gasteiger partial charge in [-0.1, -0.05) is 23.7 Å². The predicted octanol–water partition coefficient (Wildman–Crippen LogP) is 5.64. The zero-order chi connectivity index (χ0) is 25.6. The Labute approximate surface area is 220 Å². The van der Waals surface area contributed by atoms with Gasteiger partial charge in [0, 0.05) is 25.4 Å². The molecule has 0 bridgehead atoms. The summed E-state index contributed by atoms with van der Waals surface area (Å²) >= 11 is 6.50. The van der Waals surface area contributed by atoms with Crippen LogP contribution in [0.2, 0.25) is 5.02 Å². The van der Waals surface area contributed by atoms with E-state index >= 15 is 0 Å². The molecule has 8 nitrogen and oxygen atoms in total. The molecule has 9 heteroatoms. The third-order valence-corrected chi connectivity index (χ3v) is 6.46. The van der Waals surface area contributed by atoms with E-state index in [1.54, 1.807) is 19.2 Å². The second-order valence-electron chi connectivity index (χ2n) is 9.01. The highest BCUT2D eigenvalue weighted by Gasteiger charge is 2.25. The van der Waals surface area contributed by atoms with Crippen molar-refractivity contribution in [1.29, 1.82) is 0 Å². The number of ether oxygens (including phenoxy) is 2. The molecule has 1 fully saturated rings. The summed E-state index contributed by atoms with van der Waals surface area (Å²) in [6, 6.07) is 16.8. The number of carbonyl (C=O) groups is 1. The van der Waals surface area contributed by atoms with Crippen molar-refractivity contribution < 1.29 is 14.3 Å². The zero-order valence-corrected chi connectivity index (χ0v) is 21.3. The molecule has 0 unspecified atom stereocenters. The molecule has 1 saturated carbocycles. The smallest absolute Gasteiger partial charge is 0.219 e. The third-order valence-electron chi connectivity index (χ3n) is 6.16. The second kappa shape index (κ2) is 11.4. The fourth-order valence-electron chi connectivity index (χ4n) is 4.02. The molecular formula is C28H28ClN5O3. The molecule has 2 aromatic carbocycles. The topological polar surface area (TPSA) is 89.5 Å². The van der Waals surface area contributed by atoms with E-state index in [9.17, 15) is 4.79 Å². The lowest BCUT2D eigenvalue weighted by atomic mass is 10.2. The van der Waals surface area contributed by atoms with Crippen LogP contribution in [-0.2, 0) is 11.4 Å². The first kappa shape index (κ1) is 24.8. The minimum atomic E-state index is 0.0726. The van der Waals surface area contributed by atoms with Gasteiger partial charge < -0.3 is 19.7 Å². The highest BCUT2D eigenvalue weighted by atomic mass is 35.5. The van der Waals surface area contributed by atoms with Crippen LogP contribution in [0.5, 0.6) is 11.5 Å². The third kappa shape index (κ3) is 6.46. The molecule has 0 atom stereocenters. The number of hydrogen-bond acceptors (Lipinski definition) is 7. The molecule has 0 saturated heterocycles. The summed E-state index contributed by atoms with van der Waals surface area (Å²) < 4.78 is 12.0. The van der Waals surface area contributed by atoms with Crippen LogP contribution in [0.1, 0.15) is 25.5 Å². The molecule has 1 amide bonds. The van der Waals surface area contributed by atoms with Crippen LogP contribution in [0.25, 0.3) is 10.9 Å². The number of anilines is 2. The van der Waals surface area contributed by atoms with Crippen molar-refractivity contribution in [3.8, 4) is 11.5 Å². The Morgan fingerprint density at radius 2 is 1.95 bits per heavy atom. The Kier molecular flexibility index (Phi) is 7.65. The minimum Gasteiger partial charge on any atom is -0.491 e. The fraction of sp³-hybridized carbons (Fsp3) is 0.286. The van der Waals surface area contributed by atoms with Crippen LogP contribution in [0.15, 0.2) is 67.1 Å². The molecule has 0 aliphatic heterocycles. The Morgan fingerprint density at radius 1 is 1.05 bits per heavy atom. The summed E-state index contributed by atoms with van der Waals surface area (Å²) in [7, 11) is 0. The Morgan fingerprint density at radius 3 is 2.70 bits per heavy atom. The quantitative estimate of drug-likeness (QED) is 0.275. The summed E-state index contributed by atoms with van der Waals surface area (Å²) in [5.74, 6) is 2.51. The maximum absolute atomic E-state index is 12.0. The lowest BCUT2D eigenvalue weighted by Crippen LogP contribution is -2.34. The van der Waals surface area contributed by atoms with Gasteiger partial charge in [-0.05, 0) is 61.2 Å². The van der Waals surface area contributed by atoms with Crippen molar-refractivity contribution in [2.45, 2.75) is 26.4 Å². The summed E-state index contributed by atoms with van der Waals surface area (Å²) in [5.41, 5.74) is 2.31. The Balaban J connectivity index is 1.29. The van der Waals surface area contributed by atoms with Gasteiger partial charge in [0.05, 0.1) is 28.2 Å². The molecule has 0 spiro atoms. The maximum atomic E-state index is 12.0. The van der Waals surface area contributed by atoms with Gasteiger partial charge in [0.15, 0.2) is 0 Å². The molecule has 0 radical (unpaired) electrons. The zero-order valence-electron chi connectivity index (χ0n) is 20.6. The monoisotopic (exact) mass is 517 g/mol. The molecule has 190 valence electrons. The van der Waals surface area contributed by atoms with E-state index in [0.29, 0.717) is 48.0 Å². The molecule has 5 rings (SSSR count). The number of pyridine rings is 1. The van der Waals surface area contributed by atoms with Gasteiger partial charge >= 0.3 is 0 Å². The minimum absolute atomic E-state index is 0.0726. The van der Waals surface area contributed by atoms with E-state index in [-0.39, 0.29) is 5.91 Å². The van der Waals surface area contributed by atoms with Gasteiger partial charge in [0.25, 0.3) is 0 Å². The number of nitrogens with zero attached hydrogens (tertiary/aromatic N) is 4. The predicted molar refractivity (Wildman–Crippen MR) is 143 cm³/mol. The van der Waals surface area contributed by atoms with Crippen molar-refractivity contribution in [2.24, 2.45) is 5.92 Å². The molecule has 2 aromatic heterocycles. The largest absolute Gasteiger partial charge is 0.491 e. The number of rotatable bonds is 11. The Bertz CT molecular complexity index is 1380. The van der Waals surface area contributed by atoms with E-state index in [0.717, 1.165) is 28.8 Å². The molecule has 1 aliphatic rings. The number of fused-ring (bicyclic) bond motifs is 1. The number of carbonyl (C=O) groups excluding carboxylic acids is 1. The van der Waals surface area contributed by atoms with Crippen molar-refractivity contribution in [1.82, 2.24) is 19.9 Å². The first-order chi connectivity index (χ1) is 18.1.